The molecule has 1 saturated carbocycles. The molecular formula is C13H30OSi2. The predicted molar refractivity (Wildman–Crippen MR) is 78.3 cm³/mol. The van der Waals surface area contributed by atoms with Crippen LogP contribution >= 0.6 is 0 Å². The topological polar surface area (TPSA) is 9.23 Å². The summed E-state index contributed by atoms with van der Waals surface area (Å²) in [6.07, 6.45) is 5.92. The monoisotopic (exact) mass is 258 g/mol. The summed E-state index contributed by atoms with van der Waals surface area (Å²) in [5.41, 5.74) is 1.03. The van der Waals surface area contributed by atoms with Crippen LogP contribution in [0.15, 0.2) is 0 Å². The molecule has 1 nitrogen and oxygen atoms in total. The quantitative estimate of drug-likeness (QED) is 0.635. The zero-order chi connectivity index (χ0) is 12.0. The van der Waals surface area contributed by atoms with Crippen LogP contribution in [0, 0.1) is 11.8 Å². The van der Waals surface area contributed by atoms with E-state index in [1.807, 2.05) is 0 Å². The fraction of sp³-hybridized carbons (Fsp3) is 1.00. The molecule has 0 aliphatic heterocycles. The summed E-state index contributed by atoms with van der Waals surface area (Å²) in [7, 11) is -1.04. The van der Waals surface area contributed by atoms with Gasteiger partial charge in [0, 0.05) is 0 Å². The van der Waals surface area contributed by atoms with Crippen molar-refractivity contribution in [3.8, 4) is 0 Å². The average molecular weight is 259 g/mol. The molecule has 0 aromatic heterocycles. The van der Waals surface area contributed by atoms with Gasteiger partial charge in [-0.25, -0.2) is 0 Å². The Balaban J connectivity index is 2.31. The highest BCUT2D eigenvalue weighted by Crippen LogP contribution is 2.35. The van der Waals surface area contributed by atoms with Gasteiger partial charge in [-0.05, 0) is 29.5 Å². The maximum Gasteiger partial charge on any atom is 0.166 e. The third-order valence-electron chi connectivity index (χ3n) is 3.66. The van der Waals surface area contributed by atoms with Gasteiger partial charge in [-0.3, -0.25) is 0 Å². The molecule has 0 N–H and O–H groups in total. The summed E-state index contributed by atoms with van der Waals surface area (Å²) >= 11 is 0. The van der Waals surface area contributed by atoms with E-state index in [1.54, 1.807) is 0 Å². The van der Waals surface area contributed by atoms with Crippen molar-refractivity contribution in [2.75, 3.05) is 0 Å². The Morgan fingerprint density at radius 1 is 1.12 bits per heavy atom. The van der Waals surface area contributed by atoms with Crippen LogP contribution < -0.4 is 0 Å². The molecule has 16 heavy (non-hydrogen) atoms. The normalized spacial score (nSPS) is 20.6. The fourth-order valence-corrected chi connectivity index (χ4v) is 9.03. The molecule has 1 unspecified atom stereocenters. The Morgan fingerprint density at radius 3 is 2.25 bits per heavy atom. The van der Waals surface area contributed by atoms with E-state index in [-0.39, 0.29) is 9.76 Å². The minimum Gasteiger partial charge on any atom is -0.462 e. The van der Waals surface area contributed by atoms with E-state index in [2.05, 4.69) is 27.7 Å². The first-order chi connectivity index (χ1) is 7.59. The summed E-state index contributed by atoms with van der Waals surface area (Å²) in [6, 6.07) is 2.81. The molecule has 1 atom stereocenters. The number of hydrogen-bond donors (Lipinski definition) is 0. The van der Waals surface area contributed by atoms with Gasteiger partial charge >= 0.3 is 0 Å². The summed E-state index contributed by atoms with van der Waals surface area (Å²) in [5, 5.41) is 0. The van der Waals surface area contributed by atoms with Crippen LogP contribution in [-0.4, -0.2) is 18.8 Å². The van der Waals surface area contributed by atoms with Gasteiger partial charge in [-0.2, -0.15) is 0 Å². The first-order valence-electron chi connectivity index (χ1n) is 7.21. The smallest absolute Gasteiger partial charge is 0.166 e. The maximum atomic E-state index is 6.43. The lowest BCUT2D eigenvalue weighted by Crippen LogP contribution is -2.27. The van der Waals surface area contributed by atoms with Crippen LogP contribution in [0.2, 0.25) is 17.6 Å². The van der Waals surface area contributed by atoms with Crippen LogP contribution in [-0.2, 0) is 4.12 Å². The van der Waals surface area contributed by atoms with Gasteiger partial charge in [-0.1, -0.05) is 53.4 Å². The van der Waals surface area contributed by atoms with E-state index < -0.39 is 9.04 Å². The van der Waals surface area contributed by atoms with Crippen molar-refractivity contribution in [1.82, 2.24) is 0 Å². The third-order valence-corrected chi connectivity index (χ3v) is 10.8. The highest BCUT2D eigenvalue weighted by Gasteiger charge is 2.27. The van der Waals surface area contributed by atoms with E-state index in [1.165, 1.54) is 37.8 Å². The van der Waals surface area contributed by atoms with E-state index in [4.69, 9.17) is 4.12 Å². The molecule has 0 bridgehead atoms. The summed E-state index contributed by atoms with van der Waals surface area (Å²) < 4.78 is 6.43. The lowest BCUT2D eigenvalue weighted by atomic mass is 10.3. The van der Waals surface area contributed by atoms with Crippen LogP contribution in [0.5, 0.6) is 0 Å². The molecule has 0 amide bonds. The Morgan fingerprint density at radius 2 is 1.75 bits per heavy atom. The second kappa shape index (κ2) is 7.67. The van der Waals surface area contributed by atoms with E-state index in [0.717, 1.165) is 17.4 Å². The Bertz CT molecular complexity index is 177. The van der Waals surface area contributed by atoms with Gasteiger partial charge in [0.2, 0.25) is 0 Å². The lowest BCUT2D eigenvalue weighted by Gasteiger charge is -2.24. The second-order valence-electron chi connectivity index (χ2n) is 6.27. The van der Waals surface area contributed by atoms with E-state index in [9.17, 15) is 0 Å². The Kier molecular flexibility index (Phi) is 6.93. The van der Waals surface area contributed by atoms with Gasteiger partial charge < -0.3 is 4.12 Å². The van der Waals surface area contributed by atoms with Gasteiger partial charge in [0.15, 0.2) is 9.04 Å². The molecule has 1 aliphatic carbocycles. The van der Waals surface area contributed by atoms with E-state index in [0.29, 0.717) is 0 Å². The van der Waals surface area contributed by atoms with Gasteiger partial charge in [-0.15, -0.1) is 0 Å². The molecule has 96 valence electrons. The molecular weight excluding hydrogens is 228 g/mol. The molecule has 0 heterocycles. The zero-order valence-electron chi connectivity index (χ0n) is 11.7. The maximum absolute atomic E-state index is 6.43. The van der Waals surface area contributed by atoms with Crippen molar-refractivity contribution in [3.05, 3.63) is 0 Å². The summed E-state index contributed by atoms with van der Waals surface area (Å²) in [4.78, 5) is 0. The van der Waals surface area contributed by atoms with Crippen LogP contribution in [0.25, 0.3) is 0 Å². The molecule has 0 spiro atoms. The molecule has 3 heteroatoms. The van der Waals surface area contributed by atoms with Crippen molar-refractivity contribution >= 4 is 18.8 Å². The molecule has 0 aromatic rings. The highest BCUT2D eigenvalue weighted by atomic mass is 28.3. The van der Waals surface area contributed by atoms with E-state index >= 15 is 0 Å². The van der Waals surface area contributed by atoms with Crippen molar-refractivity contribution < 1.29 is 4.12 Å². The van der Waals surface area contributed by atoms with Crippen molar-refractivity contribution in [2.45, 2.75) is 71.0 Å². The molecule has 0 saturated heterocycles. The minimum atomic E-state index is -0.841. The number of hydrogen-bond acceptors (Lipinski definition) is 1. The number of rotatable bonds is 7. The van der Waals surface area contributed by atoms with Crippen molar-refractivity contribution in [2.24, 2.45) is 11.8 Å². The fourth-order valence-electron chi connectivity index (χ4n) is 2.65. The van der Waals surface area contributed by atoms with Gasteiger partial charge in [0.25, 0.3) is 0 Å². The van der Waals surface area contributed by atoms with Crippen molar-refractivity contribution in [1.29, 1.82) is 0 Å². The Hall–Kier alpha value is 0.394. The predicted octanol–water partition coefficient (Wildman–Crippen LogP) is 3.49. The van der Waals surface area contributed by atoms with Crippen molar-refractivity contribution in [3.63, 3.8) is 0 Å². The molecule has 1 fully saturated rings. The molecule has 0 aromatic carbocycles. The van der Waals surface area contributed by atoms with Crippen LogP contribution in [0.4, 0.5) is 0 Å². The molecule has 1 rings (SSSR count). The van der Waals surface area contributed by atoms with Gasteiger partial charge in [0.1, 0.15) is 9.76 Å². The highest BCUT2D eigenvalue weighted by molar-refractivity contribution is 6.60. The Labute approximate surface area is 106 Å². The lowest BCUT2D eigenvalue weighted by molar-refractivity contribution is 0.535. The third kappa shape index (κ3) is 5.64. The summed E-state index contributed by atoms with van der Waals surface area (Å²) in [5.74, 6) is 1.70. The SMILES string of the molecule is CC(C)C[SiH2]O[SiH](CC(C)C)C1CCCC1. The minimum absolute atomic E-state index is 0.199. The van der Waals surface area contributed by atoms with Gasteiger partial charge in [0.05, 0.1) is 0 Å². The first kappa shape index (κ1) is 14.5. The standard InChI is InChI=1S/C13H30OSi2/c1-11(2)9-15-14-16(10-12(3)4)13-7-5-6-8-13/h11-13,16H,5-10,15H2,1-4H3. The molecule has 0 radical (unpaired) electrons. The zero-order valence-corrected chi connectivity index (χ0v) is 14.2. The average Bonchev–Trinajstić information content (AvgIpc) is 2.67. The van der Waals surface area contributed by atoms with Crippen LogP contribution in [0.1, 0.15) is 53.4 Å². The first-order valence-corrected chi connectivity index (χ1v) is 10.7. The summed E-state index contributed by atoms with van der Waals surface area (Å²) in [6.45, 7) is 9.38. The molecule has 1 aliphatic rings. The van der Waals surface area contributed by atoms with Crippen LogP contribution in [0.3, 0.4) is 0 Å². The second-order valence-corrected chi connectivity index (χ2v) is 11.1. The largest absolute Gasteiger partial charge is 0.462 e.